The Morgan fingerprint density at radius 3 is 3.08 bits per heavy atom. The maximum absolute atomic E-state index is 13.2. The molecule has 2 aromatic rings. The fraction of sp³-hybridized carbons (Fsp3) is 0.600. The van der Waals surface area contributed by atoms with Crippen molar-refractivity contribution >= 4 is 33.3 Å². The summed E-state index contributed by atoms with van der Waals surface area (Å²) in [5, 5.41) is 1.67. The third kappa shape index (κ3) is 3.51. The van der Waals surface area contributed by atoms with Gasteiger partial charge in [-0.1, -0.05) is 24.8 Å². The van der Waals surface area contributed by atoms with Crippen LogP contribution in [0, 0.1) is 5.92 Å². The van der Waals surface area contributed by atoms with E-state index in [4.69, 9.17) is 9.72 Å². The highest BCUT2D eigenvalue weighted by molar-refractivity contribution is 7.99. The first-order valence-corrected chi connectivity index (χ1v) is 11.4. The molecule has 140 valence electrons. The van der Waals surface area contributed by atoms with Gasteiger partial charge in [-0.25, -0.2) is 4.98 Å². The van der Waals surface area contributed by atoms with Crippen molar-refractivity contribution in [3.05, 3.63) is 33.4 Å². The zero-order valence-corrected chi connectivity index (χ0v) is 17.0. The van der Waals surface area contributed by atoms with Crippen LogP contribution in [0.1, 0.15) is 43.0 Å². The Hall–Kier alpha value is -1.11. The van der Waals surface area contributed by atoms with E-state index in [1.54, 1.807) is 33.7 Å². The van der Waals surface area contributed by atoms with Crippen molar-refractivity contribution in [1.82, 2.24) is 9.55 Å². The van der Waals surface area contributed by atoms with E-state index in [2.05, 4.69) is 13.5 Å². The molecule has 0 saturated carbocycles. The number of aryl methyl sites for hydroxylation is 1. The molecule has 3 heterocycles. The van der Waals surface area contributed by atoms with Crippen LogP contribution >= 0.6 is 23.1 Å². The van der Waals surface area contributed by atoms with Crippen molar-refractivity contribution in [3.63, 3.8) is 0 Å². The Labute approximate surface area is 162 Å². The minimum atomic E-state index is 0.106. The second kappa shape index (κ2) is 7.87. The number of ether oxygens (including phenoxy) is 1. The van der Waals surface area contributed by atoms with Gasteiger partial charge in [0.25, 0.3) is 5.56 Å². The molecular weight excluding hydrogens is 364 g/mol. The van der Waals surface area contributed by atoms with Gasteiger partial charge < -0.3 is 4.74 Å². The second-order valence-electron chi connectivity index (χ2n) is 7.43. The molecule has 0 amide bonds. The number of hydrogen-bond donors (Lipinski definition) is 0. The van der Waals surface area contributed by atoms with E-state index < -0.39 is 0 Å². The molecule has 1 aliphatic heterocycles. The first kappa shape index (κ1) is 18.3. The summed E-state index contributed by atoms with van der Waals surface area (Å²) >= 11 is 3.38. The Balaban J connectivity index is 1.70. The highest BCUT2D eigenvalue weighted by Crippen LogP contribution is 2.36. The lowest BCUT2D eigenvalue weighted by atomic mass is 9.89. The van der Waals surface area contributed by atoms with Gasteiger partial charge in [0, 0.05) is 23.8 Å². The number of fused-ring (bicyclic) bond motifs is 3. The summed E-state index contributed by atoms with van der Waals surface area (Å²) in [4.78, 5) is 20.4. The van der Waals surface area contributed by atoms with Crippen LogP contribution in [0.2, 0.25) is 0 Å². The van der Waals surface area contributed by atoms with Crippen molar-refractivity contribution in [2.24, 2.45) is 5.92 Å². The molecular formula is C20H26N2O2S2. The van der Waals surface area contributed by atoms with Gasteiger partial charge >= 0.3 is 0 Å². The van der Waals surface area contributed by atoms with Gasteiger partial charge in [0.2, 0.25) is 0 Å². The van der Waals surface area contributed by atoms with Crippen LogP contribution in [0.4, 0.5) is 0 Å². The maximum Gasteiger partial charge on any atom is 0.263 e. The molecule has 1 aliphatic carbocycles. The molecule has 0 bridgehead atoms. The van der Waals surface area contributed by atoms with Crippen LogP contribution in [-0.4, -0.2) is 28.0 Å². The van der Waals surface area contributed by atoms with E-state index in [0.717, 1.165) is 59.8 Å². The van der Waals surface area contributed by atoms with E-state index in [9.17, 15) is 4.79 Å². The third-order valence-corrected chi connectivity index (χ3v) is 7.62. The molecule has 2 unspecified atom stereocenters. The van der Waals surface area contributed by atoms with Crippen molar-refractivity contribution in [2.45, 2.75) is 63.3 Å². The number of thiophene rings is 1. The van der Waals surface area contributed by atoms with Crippen LogP contribution in [0.25, 0.3) is 10.2 Å². The van der Waals surface area contributed by atoms with Crippen LogP contribution in [0.15, 0.2) is 22.6 Å². The molecule has 1 fully saturated rings. The lowest BCUT2D eigenvalue weighted by Crippen LogP contribution is -2.25. The lowest BCUT2D eigenvalue weighted by Gasteiger charge is -2.22. The SMILES string of the molecule is C=CCn1c(SCC2CCCCO2)nc2sc3c(c2c1=O)CCC(C)C3. The van der Waals surface area contributed by atoms with Crippen molar-refractivity contribution in [3.8, 4) is 0 Å². The Bertz CT molecular complexity index is 865. The first-order chi connectivity index (χ1) is 12.7. The molecule has 2 aliphatic rings. The largest absolute Gasteiger partial charge is 0.377 e. The average molecular weight is 391 g/mol. The molecule has 0 N–H and O–H groups in total. The number of thioether (sulfide) groups is 1. The standard InChI is InChI=1S/C20H26N2O2S2/c1-3-9-22-19(23)17-15-8-7-13(2)11-16(15)26-18(17)21-20(22)25-12-14-6-4-5-10-24-14/h3,13-14H,1,4-12H2,2H3. The topological polar surface area (TPSA) is 44.1 Å². The minimum Gasteiger partial charge on any atom is -0.377 e. The fourth-order valence-corrected chi connectivity index (χ4v) is 6.41. The average Bonchev–Trinajstić information content (AvgIpc) is 3.01. The number of nitrogens with zero attached hydrogens (tertiary/aromatic N) is 2. The summed E-state index contributed by atoms with van der Waals surface area (Å²) in [7, 11) is 0. The van der Waals surface area contributed by atoms with Crippen molar-refractivity contribution in [1.29, 1.82) is 0 Å². The molecule has 1 saturated heterocycles. The van der Waals surface area contributed by atoms with Gasteiger partial charge in [0.1, 0.15) is 4.83 Å². The highest BCUT2D eigenvalue weighted by Gasteiger charge is 2.25. The first-order valence-electron chi connectivity index (χ1n) is 9.57. The Morgan fingerprint density at radius 1 is 1.42 bits per heavy atom. The lowest BCUT2D eigenvalue weighted by molar-refractivity contribution is 0.0315. The summed E-state index contributed by atoms with van der Waals surface area (Å²) in [5.74, 6) is 1.56. The summed E-state index contributed by atoms with van der Waals surface area (Å²) < 4.78 is 7.64. The molecule has 2 aromatic heterocycles. The van der Waals surface area contributed by atoms with Gasteiger partial charge in [-0.15, -0.1) is 17.9 Å². The summed E-state index contributed by atoms with van der Waals surface area (Å²) in [6.45, 7) is 7.49. The maximum atomic E-state index is 13.2. The van der Waals surface area contributed by atoms with Gasteiger partial charge in [-0.05, 0) is 50.0 Å². The van der Waals surface area contributed by atoms with Gasteiger partial charge in [0.15, 0.2) is 5.16 Å². The number of hydrogen-bond acceptors (Lipinski definition) is 5. The van der Waals surface area contributed by atoms with Gasteiger partial charge in [-0.3, -0.25) is 9.36 Å². The van der Waals surface area contributed by atoms with Crippen LogP contribution < -0.4 is 5.56 Å². The monoisotopic (exact) mass is 390 g/mol. The summed E-state index contributed by atoms with van der Waals surface area (Å²) in [6.07, 6.45) is 8.80. The van der Waals surface area contributed by atoms with E-state index >= 15 is 0 Å². The summed E-state index contributed by atoms with van der Waals surface area (Å²) in [5.41, 5.74) is 1.36. The Morgan fingerprint density at radius 2 is 2.31 bits per heavy atom. The van der Waals surface area contributed by atoms with Gasteiger partial charge in [-0.2, -0.15) is 0 Å². The Kier molecular flexibility index (Phi) is 5.53. The van der Waals surface area contributed by atoms with Crippen LogP contribution in [0.3, 0.4) is 0 Å². The zero-order chi connectivity index (χ0) is 18.1. The van der Waals surface area contributed by atoms with E-state index in [1.165, 1.54) is 16.9 Å². The van der Waals surface area contributed by atoms with Crippen molar-refractivity contribution in [2.75, 3.05) is 12.4 Å². The summed E-state index contributed by atoms with van der Waals surface area (Å²) in [6, 6.07) is 0. The molecule has 0 aromatic carbocycles. The van der Waals surface area contributed by atoms with Crippen LogP contribution in [-0.2, 0) is 24.1 Å². The number of rotatable bonds is 5. The predicted molar refractivity (Wildman–Crippen MR) is 110 cm³/mol. The van der Waals surface area contributed by atoms with Gasteiger partial charge in [0.05, 0.1) is 11.5 Å². The number of aromatic nitrogens is 2. The molecule has 4 rings (SSSR count). The third-order valence-electron chi connectivity index (χ3n) is 5.36. The molecule has 4 nitrogen and oxygen atoms in total. The zero-order valence-electron chi connectivity index (χ0n) is 15.3. The quantitative estimate of drug-likeness (QED) is 0.430. The molecule has 0 spiro atoms. The van der Waals surface area contributed by atoms with Crippen LogP contribution in [0.5, 0.6) is 0 Å². The fourth-order valence-electron chi connectivity index (χ4n) is 3.91. The van der Waals surface area contributed by atoms with E-state index in [0.29, 0.717) is 12.5 Å². The number of allylic oxidation sites excluding steroid dienone is 1. The molecule has 26 heavy (non-hydrogen) atoms. The van der Waals surface area contributed by atoms with Crippen molar-refractivity contribution < 1.29 is 4.74 Å². The van der Waals surface area contributed by atoms with E-state index in [1.807, 2.05) is 0 Å². The highest BCUT2D eigenvalue weighted by atomic mass is 32.2. The second-order valence-corrected chi connectivity index (χ2v) is 9.50. The molecule has 0 radical (unpaired) electrons. The smallest absolute Gasteiger partial charge is 0.263 e. The predicted octanol–water partition coefficient (Wildman–Crippen LogP) is 4.43. The molecule has 2 atom stereocenters. The molecule has 6 heteroatoms. The minimum absolute atomic E-state index is 0.106. The van der Waals surface area contributed by atoms with E-state index in [-0.39, 0.29) is 11.7 Å². The normalized spacial score (nSPS) is 23.1.